The summed E-state index contributed by atoms with van der Waals surface area (Å²) >= 11 is 0. The zero-order chi connectivity index (χ0) is 21.8. The molecule has 0 unspecified atom stereocenters. The number of halogens is 3. The molecule has 0 saturated heterocycles. The highest BCUT2D eigenvalue weighted by Crippen LogP contribution is 2.37. The van der Waals surface area contributed by atoms with Gasteiger partial charge in [-0.25, -0.2) is 13.4 Å². The van der Waals surface area contributed by atoms with Crippen molar-refractivity contribution >= 4 is 21.3 Å². The highest BCUT2D eigenvalue weighted by atomic mass is 32.2. The lowest BCUT2D eigenvalue weighted by Gasteiger charge is -2.09. The van der Waals surface area contributed by atoms with Crippen LogP contribution in [0.15, 0.2) is 52.5 Å². The van der Waals surface area contributed by atoms with Gasteiger partial charge in [-0.15, -0.1) is 0 Å². The van der Waals surface area contributed by atoms with Gasteiger partial charge in [0.15, 0.2) is 11.3 Å². The largest absolute Gasteiger partial charge is 0.433 e. The molecule has 156 valence electrons. The molecule has 0 amide bonds. The van der Waals surface area contributed by atoms with Crippen LogP contribution in [0.1, 0.15) is 11.3 Å². The van der Waals surface area contributed by atoms with Gasteiger partial charge in [0.05, 0.1) is 28.5 Å². The first-order valence-electron chi connectivity index (χ1n) is 8.55. The van der Waals surface area contributed by atoms with E-state index in [1.165, 1.54) is 25.2 Å². The molecule has 0 spiro atoms. The summed E-state index contributed by atoms with van der Waals surface area (Å²) in [5.74, 6) is -0.260. The van der Waals surface area contributed by atoms with Crippen LogP contribution in [-0.4, -0.2) is 32.8 Å². The normalized spacial score (nSPS) is 12.6. The summed E-state index contributed by atoms with van der Waals surface area (Å²) in [6.45, 7) is 1.82. The van der Waals surface area contributed by atoms with E-state index in [1.807, 2.05) is 6.92 Å². The van der Waals surface area contributed by atoms with Crippen molar-refractivity contribution in [2.75, 3.05) is 5.73 Å². The maximum atomic E-state index is 13.4. The average Bonchev–Trinajstić information content (AvgIpc) is 3.25. The number of alkyl halides is 3. The van der Waals surface area contributed by atoms with Crippen molar-refractivity contribution in [3.05, 3.63) is 54.0 Å². The van der Waals surface area contributed by atoms with Gasteiger partial charge in [-0.2, -0.15) is 27.9 Å². The SMILES string of the molecule is Cc1ccc(S(=O)(=O)c2cnc3cc(-c4cnn(C)c4C(F)(F)F)nn3c2N)cc1. The number of hydrogen-bond donors (Lipinski definition) is 1. The number of nitrogens with two attached hydrogens (primary N) is 1. The van der Waals surface area contributed by atoms with Crippen molar-refractivity contribution in [3.8, 4) is 11.3 Å². The van der Waals surface area contributed by atoms with E-state index in [0.29, 0.717) is 4.68 Å². The topological polar surface area (TPSA) is 108 Å². The molecule has 4 rings (SSSR count). The van der Waals surface area contributed by atoms with Crippen molar-refractivity contribution in [2.45, 2.75) is 22.9 Å². The summed E-state index contributed by atoms with van der Waals surface area (Å²) in [6.07, 6.45) is -2.56. The fourth-order valence-corrected chi connectivity index (χ4v) is 4.38. The molecule has 0 bridgehead atoms. The Morgan fingerprint density at radius 2 is 1.77 bits per heavy atom. The number of nitrogen functional groups attached to an aromatic ring is 1. The molecule has 3 heterocycles. The van der Waals surface area contributed by atoms with Gasteiger partial charge in [0, 0.05) is 13.1 Å². The fourth-order valence-electron chi connectivity index (χ4n) is 3.08. The minimum Gasteiger partial charge on any atom is -0.382 e. The predicted molar refractivity (Wildman–Crippen MR) is 101 cm³/mol. The van der Waals surface area contributed by atoms with Gasteiger partial charge in [-0.05, 0) is 19.1 Å². The summed E-state index contributed by atoms with van der Waals surface area (Å²) in [5.41, 5.74) is 5.67. The quantitative estimate of drug-likeness (QED) is 0.529. The van der Waals surface area contributed by atoms with Gasteiger partial charge in [0.2, 0.25) is 9.84 Å². The Morgan fingerprint density at radius 1 is 1.10 bits per heavy atom. The summed E-state index contributed by atoms with van der Waals surface area (Å²) < 4.78 is 67.8. The van der Waals surface area contributed by atoms with E-state index in [4.69, 9.17) is 5.73 Å². The molecule has 0 fully saturated rings. The van der Waals surface area contributed by atoms with Crippen LogP contribution in [0.2, 0.25) is 0 Å². The maximum Gasteiger partial charge on any atom is 0.433 e. The van der Waals surface area contributed by atoms with E-state index < -0.39 is 21.7 Å². The van der Waals surface area contributed by atoms with E-state index in [1.54, 1.807) is 12.1 Å². The molecule has 30 heavy (non-hydrogen) atoms. The Balaban J connectivity index is 1.88. The van der Waals surface area contributed by atoms with Gasteiger partial charge in [-0.1, -0.05) is 17.7 Å². The van der Waals surface area contributed by atoms with Crippen molar-refractivity contribution in [1.82, 2.24) is 24.4 Å². The Kier molecular flexibility index (Phi) is 4.34. The molecular weight excluding hydrogens is 421 g/mol. The fraction of sp³-hybridized carbons (Fsp3) is 0.167. The number of sulfone groups is 1. The van der Waals surface area contributed by atoms with E-state index >= 15 is 0 Å². The minimum atomic E-state index is -4.66. The van der Waals surface area contributed by atoms with Crippen molar-refractivity contribution in [3.63, 3.8) is 0 Å². The van der Waals surface area contributed by atoms with E-state index in [2.05, 4.69) is 15.2 Å². The molecule has 3 aromatic heterocycles. The van der Waals surface area contributed by atoms with Crippen LogP contribution in [0.5, 0.6) is 0 Å². The zero-order valence-electron chi connectivity index (χ0n) is 15.7. The van der Waals surface area contributed by atoms with Gasteiger partial charge < -0.3 is 5.73 Å². The Labute approximate surface area is 168 Å². The maximum absolute atomic E-state index is 13.4. The lowest BCUT2D eigenvalue weighted by molar-refractivity contribution is -0.143. The van der Waals surface area contributed by atoms with Crippen molar-refractivity contribution in [1.29, 1.82) is 0 Å². The number of benzene rings is 1. The molecule has 1 aromatic carbocycles. The molecule has 4 aromatic rings. The summed E-state index contributed by atoms with van der Waals surface area (Å²) in [6, 6.07) is 7.44. The number of aryl methyl sites for hydroxylation is 2. The smallest absolute Gasteiger partial charge is 0.382 e. The van der Waals surface area contributed by atoms with Gasteiger partial charge in [0.25, 0.3) is 0 Å². The molecule has 0 saturated carbocycles. The van der Waals surface area contributed by atoms with Crippen molar-refractivity contribution < 1.29 is 21.6 Å². The lowest BCUT2D eigenvalue weighted by Crippen LogP contribution is -2.13. The first-order valence-corrected chi connectivity index (χ1v) is 10.0. The molecule has 0 aliphatic rings. The highest BCUT2D eigenvalue weighted by Gasteiger charge is 2.38. The van der Waals surface area contributed by atoms with E-state index in [9.17, 15) is 21.6 Å². The molecule has 0 aliphatic carbocycles. The van der Waals surface area contributed by atoms with Gasteiger partial charge in [-0.3, -0.25) is 4.68 Å². The standard InChI is InChI=1S/C18H15F3N6O2S/c1-10-3-5-11(6-4-10)30(28,29)14-9-23-15-7-13(25-27(15)17(14)22)12-8-24-26(2)16(12)18(19,20)21/h3-9H,22H2,1-2H3. The van der Waals surface area contributed by atoms with Crippen LogP contribution in [0, 0.1) is 6.92 Å². The van der Waals surface area contributed by atoms with Gasteiger partial charge in [0.1, 0.15) is 10.7 Å². The molecule has 12 heteroatoms. The van der Waals surface area contributed by atoms with Crippen LogP contribution in [0.25, 0.3) is 16.9 Å². The number of rotatable bonds is 3. The summed E-state index contributed by atoms with van der Waals surface area (Å²) in [7, 11) is -2.84. The summed E-state index contributed by atoms with van der Waals surface area (Å²) in [4.78, 5) is 3.75. The van der Waals surface area contributed by atoms with Crippen LogP contribution in [0.4, 0.5) is 19.0 Å². The first-order chi connectivity index (χ1) is 14.0. The zero-order valence-corrected chi connectivity index (χ0v) is 16.5. The lowest BCUT2D eigenvalue weighted by atomic mass is 10.2. The third kappa shape index (κ3) is 3.09. The molecule has 0 atom stereocenters. The Morgan fingerprint density at radius 3 is 2.40 bits per heavy atom. The van der Waals surface area contributed by atoms with Crippen LogP contribution < -0.4 is 5.73 Å². The second-order valence-corrected chi connectivity index (χ2v) is 8.57. The monoisotopic (exact) mass is 436 g/mol. The van der Waals surface area contributed by atoms with Crippen LogP contribution in [0.3, 0.4) is 0 Å². The number of anilines is 1. The molecule has 8 nitrogen and oxygen atoms in total. The Hall–Kier alpha value is -3.41. The van der Waals surface area contributed by atoms with Crippen LogP contribution >= 0.6 is 0 Å². The molecule has 2 N–H and O–H groups in total. The number of nitrogens with zero attached hydrogens (tertiary/aromatic N) is 5. The predicted octanol–water partition coefficient (Wildman–Crippen LogP) is 2.87. The van der Waals surface area contributed by atoms with E-state index in [-0.39, 0.29) is 32.5 Å². The second kappa shape index (κ2) is 6.55. The molecule has 0 radical (unpaired) electrons. The molecule has 0 aliphatic heterocycles. The van der Waals surface area contributed by atoms with E-state index in [0.717, 1.165) is 22.5 Å². The number of fused-ring (bicyclic) bond motifs is 1. The minimum absolute atomic E-state index is 0.0138. The highest BCUT2D eigenvalue weighted by molar-refractivity contribution is 7.91. The number of hydrogen-bond acceptors (Lipinski definition) is 6. The third-order valence-electron chi connectivity index (χ3n) is 4.59. The van der Waals surface area contributed by atoms with Gasteiger partial charge >= 0.3 is 6.18 Å². The van der Waals surface area contributed by atoms with Crippen LogP contribution in [-0.2, 0) is 23.1 Å². The average molecular weight is 436 g/mol. The first kappa shape index (κ1) is 19.9. The Bertz CT molecular complexity index is 1370. The second-order valence-electron chi connectivity index (χ2n) is 6.65. The number of aromatic nitrogens is 5. The third-order valence-corrected chi connectivity index (χ3v) is 6.38. The van der Waals surface area contributed by atoms with Crippen molar-refractivity contribution in [2.24, 2.45) is 7.05 Å². The molecular formula is C18H15F3N6O2S. The summed E-state index contributed by atoms with van der Waals surface area (Å²) in [5, 5.41) is 7.72.